The summed E-state index contributed by atoms with van der Waals surface area (Å²) >= 11 is 0. The van der Waals surface area contributed by atoms with E-state index in [1.54, 1.807) is 0 Å². The van der Waals surface area contributed by atoms with Crippen molar-refractivity contribution in [1.82, 2.24) is 10.2 Å². The zero-order valence-corrected chi connectivity index (χ0v) is 10.9. The van der Waals surface area contributed by atoms with Gasteiger partial charge in [0.2, 0.25) is 0 Å². The molecule has 15 heavy (non-hydrogen) atoms. The summed E-state index contributed by atoms with van der Waals surface area (Å²) in [4.78, 5) is 2.61. The molecule has 0 aromatic rings. The average Bonchev–Trinajstić information content (AvgIpc) is 2.39. The van der Waals surface area contributed by atoms with Gasteiger partial charge < -0.3 is 10.2 Å². The summed E-state index contributed by atoms with van der Waals surface area (Å²) in [6.07, 6.45) is 4.02. The molecule has 1 heterocycles. The Labute approximate surface area is 95.4 Å². The monoisotopic (exact) mass is 212 g/mol. The molecule has 1 aliphatic heterocycles. The van der Waals surface area contributed by atoms with E-state index in [0.29, 0.717) is 6.04 Å². The standard InChI is InChI=1S/C13H28N2/c1-5-12-10-15(6-2)9-7-8-13(12)14-11(3)4/h11-14H,5-10H2,1-4H3/t12-,13?/m0/s1. The van der Waals surface area contributed by atoms with Gasteiger partial charge in [-0.25, -0.2) is 0 Å². The first-order valence-electron chi connectivity index (χ1n) is 6.65. The van der Waals surface area contributed by atoms with Gasteiger partial charge in [-0.3, -0.25) is 0 Å². The second-order valence-electron chi connectivity index (χ2n) is 5.13. The van der Waals surface area contributed by atoms with Gasteiger partial charge in [-0.15, -0.1) is 0 Å². The quantitative estimate of drug-likeness (QED) is 0.770. The highest BCUT2D eigenvalue weighted by Crippen LogP contribution is 2.20. The molecule has 0 amide bonds. The molecular weight excluding hydrogens is 184 g/mol. The molecule has 0 aromatic heterocycles. The first kappa shape index (κ1) is 13.0. The first-order chi connectivity index (χ1) is 7.17. The van der Waals surface area contributed by atoms with Crippen LogP contribution in [0.3, 0.4) is 0 Å². The fourth-order valence-electron chi connectivity index (χ4n) is 2.67. The van der Waals surface area contributed by atoms with Gasteiger partial charge in [0, 0.05) is 18.6 Å². The molecule has 2 atom stereocenters. The molecule has 1 aliphatic rings. The molecule has 0 aromatic carbocycles. The number of nitrogens with zero attached hydrogens (tertiary/aromatic N) is 1. The number of hydrogen-bond acceptors (Lipinski definition) is 2. The molecule has 0 saturated carbocycles. The van der Waals surface area contributed by atoms with E-state index in [9.17, 15) is 0 Å². The maximum Gasteiger partial charge on any atom is 0.0110 e. The molecule has 1 fully saturated rings. The highest BCUT2D eigenvalue weighted by atomic mass is 15.1. The highest BCUT2D eigenvalue weighted by Gasteiger charge is 2.25. The number of nitrogens with one attached hydrogen (secondary N) is 1. The normalized spacial score (nSPS) is 29.4. The Bertz CT molecular complexity index is 168. The first-order valence-corrected chi connectivity index (χ1v) is 6.65. The second kappa shape index (κ2) is 6.49. The fourth-order valence-corrected chi connectivity index (χ4v) is 2.67. The summed E-state index contributed by atoms with van der Waals surface area (Å²) in [6, 6.07) is 1.36. The minimum atomic E-state index is 0.622. The molecule has 2 heteroatoms. The van der Waals surface area contributed by atoms with Gasteiger partial charge in [-0.2, -0.15) is 0 Å². The van der Waals surface area contributed by atoms with Crippen LogP contribution in [0.2, 0.25) is 0 Å². The van der Waals surface area contributed by atoms with Crippen LogP contribution in [-0.2, 0) is 0 Å². The van der Waals surface area contributed by atoms with Crippen LogP contribution in [0.5, 0.6) is 0 Å². The molecule has 0 spiro atoms. The minimum absolute atomic E-state index is 0.622. The molecular formula is C13H28N2. The van der Waals surface area contributed by atoms with E-state index in [2.05, 4.69) is 37.9 Å². The topological polar surface area (TPSA) is 15.3 Å². The van der Waals surface area contributed by atoms with Crippen LogP contribution in [0.15, 0.2) is 0 Å². The van der Waals surface area contributed by atoms with Crippen LogP contribution in [0.4, 0.5) is 0 Å². The van der Waals surface area contributed by atoms with Crippen LogP contribution in [0, 0.1) is 5.92 Å². The predicted octanol–water partition coefficient (Wildman–Crippen LogP) is 2.49. The molecule has 0 bridgehead atoms. The van der Waals surface area contributed by atoms with Crippen molar-refractivity contribution >= 4 is 0 Å². The van der Waals surface area contributed by atoms with Gasteiger partial charge in [-0.1, -0.05) is 34.1 Å². The van der Waals surface area contributed by atoms with E-state index < -0.39 is 0 Å². The van der Waals surface area contributed by atoms with E-state index in [0.717, 1.165) is 12.0 Å². The molecule has 1 rings (SSSR count). The lowest BCUT2D eigenvalue weighted by molar-refractivity contribution is 0.232. The Morgan fingerprint density at radius 3 is 2.60 bits per heavy atom. The number of hydrogen-bond donors (Lipinski definition) is 1. The van der Waals surface area contributed by atoms with Gasteiger partial charge in [0.15, 0.2) is 0 Å². The summed E-state index contributed by atoms with van der Waals surface area (Å²) in [5.74, 6) is 0.842. The Morgan fingerprint density at radius 1 is 1.33 bits per heavy atom. The molecule has 0 radical (unpaired) electrons. The van der Waals surface area contributed by atoms with Crippen molar-refractivity contribution in [2.24, 2.45) is 5.92 Å². The van der Waals surface area contributed by atoms with Crippen molar-refractivity contribution in [1.29, 1.82) is 0 Å². The largest absolute Gasteiger partial charge is 0.311 e. The van der Waals surface area contributed by atoms with Crippen LogP contribution in [-0.4, -0.2) is 36.6 Å². The summed E-state index contributed by atoms with van der Waals surface area (Å²) in [5.41, 5.74) is 0. The third-order valence-corrected chi connectivity index (χ3v) is 3.57. The molecule has 1 unspecified atom stereocenters. The van der Waals surface area contributed by atoms with E-state index in [1.165, 1.54) is 38.9 Å². The lowest BCUT2D eigenvalue weighted by Gasteiger charge is -2.29. The van der Waals surface area contributed by atoms with E-state index in [1.807, 2.05) is 0 Å². The van der Waals surface area contributed by atoms with Gasteiger partial charge >= 0.3 is 0 Å². The summed E-state index contributed by atoms with van der Waals surface area (Å²) in [7, 11) is 0. The van der Waals surface area contributed by atoms with Crippen molar-refractivity contribution in [2.45, 2.75) is 59.0 Å². The second-order valence-corrected chi connectivity index (χ2v) is 5.13. The lowest BCUT2D eigenvalue weighted by Crippen LogP contribution is -2.42. The number of rotatable bonds is 4. The van der Waals surface area contributed by atoms with Crippen molar-refractivity contribution in [3.8, 4) is 0 Å². The Morgan fingerprint density at radius 2 is 2.07 bits per heavy atom. The van der Waals surface area contributed by atoms with Crippen molar-refractivity contribution in [2.75, 3.05) is 19.6 Å². The molecule has 1 saturated heterocycles. The number of likely N-dealkylation sites (tertiary alicyclic amines) is 1. The van der Waals surface area contributed by atoms with Gasteiger partial charge in [-0.05, 0) is 31.8 Å². The van der Waals surface area contributed by atoms with E-state index in [4.69, 9.17) is 0 Å². The summed E-state index contributed by atoms with van der Waals surface area (Å²) < 4.78 is 0. The van der Waals surface area contributed by atoms with Crippen molar-refractivity contribution < 1.29 is 0 Å². The Balaban J connectivity index is 2.53. The average molecular weight is 212 g/mol. The highest BCUT2D eigenvalue weighted by molar-refractivity contribution is 4.83. The third-order valence-electron chi connectivity index (χ3n) is 3.57. The summed E-state index contributed by atoms with van der Waals surface area (Å²) in [6.45, 7) is 12.9. The Kier molecular flexibility index (Phi) is 5.62. The van der Waals surface area contributed by atoms with Crippen molar-refractivity contribution in [3.05, 3.63) is 0 Å². The zero-order valence-electron chi connectivity index (χ0n) is 10.9. The smallest absolute Gasteiger partial charge is 0.0110 e. The van der Waals surface area contributed by atoms with Crippen LogP contribution >= 0.6 is 0 Å². The third kappa shape index (κ3) is 4.12. The molecule has 0 aliphatic carbocycles. The SMILES string of the molecule is CC[C@H]1CN(CC)CCCC1NC(C)C. The van der Waals surface area contributed by atoms with Crippen LogP contribution in [0.1, 0.15) is 47.0 Å². The maximum absolute atomic E-state index is 3.74. The molecule has 2 nitrogen and oxygen atoms in total. The predicted molar refractivity (Wildman–Crippen MR) is 67.2 cm³/mol. The Hall–Kier alpha value is -0.0800. The molecule has 1 N–H and O–H groups in total. The lowest BCUT2D eigenvalue weighted by atomic mass is 9.93. The van der Waals surface area contributed by atoms with Crippen LogP contribution < -0.4 is 5.32 Å². The minimum Gasteiger partial charge on any atom is -0.311 e. The van der Waals surface area contributed by atoms with Gasteiger partial charge in [0.05, 0.1) is 0 Å². The maximum atomic E-state index is 3.74. The zero-order chi connectivity index (χ0) is 11.3. The van der Waals surface area contributed by atoms with E-state index >= 15 is 0 Å². The molecule has 90 valence electrons. The van der Waals surface area contributed by atoms with Crippen molar-refractivity contribution in [3.63, 3.8) is 0 Å². The van der Waals surface area contributed by atoms with Gasteiger partial charge in [0.25, 0.3) is 0 Å². The van der Waals surface area contributed by atoms with E-state index in [-0.39, 0.29) is 0 Å². The van der Waals surface area contributed by atoms with Crippen LogP contribution in [0.25, 0.3) is 0 Å². The summed E-state index contributed by atoms with van der Waals surface area (Å²) in [5, 5.41) is 3.74. The fraction of sp³-hybridized carbons (Fsp3) is 1.00. The van der Waals surface area contributed by atoms with Gasteiger partial charge in [0.1, 0.15) is 0 Å².